The molecule has 6 N–H and O–H groups in total. The van der Waals surface area contributed by atoms with E-state index in [1.807, 2.05) is 104 Å². The van der Waals surface area contributed by atoms with Crippen LogP contribution in [0, 0.1) is 65.0 Å². The molecule has 2 unspecified atom stereocenters. The average Bonchev–Trinajstić information content (AvgIpc) is 3.32. The number of aliphatic carboxylic acids is 1. The zero-order chi connectivity index (χ0) is 53.8. The molecule has 4 atom stereocenters. The van der Waals surface area contributed by atoms with Gasteiger partial charge >= 0.3 is 30.8 Å². The number of nitrogens with one attached hydrogen (secondary N) is 2. The predicted octanol–water partition coefficient (Wildman–Crippen LogP) is 6.52. The van der Waals surface area contributed by atoms with Crippen LogP contribution in [-0.4, -0.2) is 66.0 Å². The molecule has 0 aliphatic heterocycles. The van der Waals surface area contributed by atoms with Gasteiger partial charge in [0.05, 0.1) is 32.0 Å². The number of hydrogen-bond donors (Lipinski definition) is 3. The Bertz CT molecular complexity index is 3070. The number of carbonyl (C=O) groups is 4. The number of amides is 2. The number of halogens is 2. The van der Waals surface area contributed by atoms with E-state index in [9.17, 15) is 42.7 Å². The zero-order valence-electron chi connectivity index (χ0n) is 45.3. The first-order valence-electron chi connectivity index (χ1n) is 24.2. The first kappa shape index (κ1) is 67.9. The number of pyridine rings is 4. The molecule has 4 aromatic heterocycles. The van der Waals surface area contributed by atoms with Crippen molar-refractivity contribution >= 4 is 23.8 Å². The summed E-state index contributed by atoms with van der Waals surface area (Å²) in [6.45, 7) is 18.6. The van der Waals surface area contributed by atoms with Crippen molar-refractivity contribution in [3.05, 3.63) is 175 Å². The Morgan fingerprint density at radius 1 is 0.610 bits per heavy atom. The molecule has 0 fully saturated rings. The summed E-state index contributed by atoms with van der Waals surface area (Å²) < 4.78 is 35.8. The molecule has 2 aromatic carbocycles. The van der Waals surface area contributed by atoms with Gasteiger partial charge in [-0.15, -0.1) is 0 Å². The fraction of sp³-hybridized carbons (Fsp3) is 0.379. The second kappa shape index (κ2) is 30.6. The van der Waals surface area contributed by atoms with E-state index < -0.39 is 70.7 Å². The topological polar surface area (TPSA) is 253 Å². The van der Waals surface area contributed by atoms with Crippen LogP contribution >= 0.6 is 0 Å². The molecule has 0 aliphatic carbocycles. The van der Waals surface area contributed by atoms with Crippen LogP contribution in [0.4, 0.5) is 8.78 Å². The van der Waals surface area contributed by atoms with E-state index in [1.165, 1.54) is 33.2 Å². The van der Waals surface area contributed by atoms with Crippen molar-refractivity contribution in [3.8, 4) is 22.3 Å². The van der Waals surface area contributed by atoms with Gasteiger partial charge in [0, 0.05) is 60.4 Å². The molecule has 2 amide bonds. The number of nitrogens with zero attached hydrogens (tertiary/aromatic N) is 4. The largest absolute Gasteiger partial charge is 1.00 e. The predicted molar refractivity (Wildman–Crippen MR) is 289 cm³/mol. The molecule has 0 aliphatic rings. The van der Waals surface area contributed by atoms with Crippen LogP contribution in [0.15, 0.2) is 107 Å². The Labute approximate surface area is 461 Å². The number of benzene rings is 2. The van der Waals surface area contributed by atoms with Crippen LogP contribution in [-0.2, 0) is 23.9 Å². The summed E-state index contributed by atoms with van der Waals surface area (Å²) in [6, 6.07) is 14.4. The van der Waals surface area contributed by atoms with Crippen molar-refractivity contribution in [1.82, 2.24) is 29.7 Å². The minimum absolute atomic E-state index is 0. The maximum absolute atomic E-state index is 14.4. The van der Waals surface area contributed by atoms with Gasteiger partial charge in [-0.1, -0.05) is 71.5 Å². The fourth-order valence-electron chi connectivity index (χ4n) is 8.88. The maximum atomic E-state index is 14.4. The number of aryl methyl sites for hydroxylation is 6. The molecule has 0 bridgehead atoms. The molecule has 4 heterocycles. The summed E-state index contributed by atoms with van der Waals surface area (Å²) >= 11 is 0. The minimum Gasteiger partial charge on any atom is -0.870 e. The number of esters is 1. The van der Waals surface area contributed by atoms with Gasteiger partial charge in [-0.2, -0.15) is 0 Å². The van der Waals surface area contributed by atoms with Gasteiger partial charge in [0.15, 0.2) is 0 Å². The molecule has 0 spiro atoms. The van der Waals surface area contributed by atoms with Crippen LogP contribution in [0.3, 0.4) is 0 Å². The number of rotatable bonds is 18. The summed E-state index contributed by atoms with van der Waals surface area (Å²) in [5.74, 6) is -3.77. The van der Waals surface area contributed by atoms with E-state index in [0.29, 0.717) is 17.5 Å². The number of aromatic nitrogens is 4. The fourth-order valence-corrected chi connectivity index (χ4v) is 8.88. The maximum Gasteiger partial charge on any atom is 1.00 e. The van der Waals surface area contributed by atoms with E-state index in [2.05, 4.69) is 20.6 Å². The number of methoxy groups -OCH3 is 1. The summed E-state index contributed by atoms with van der Waals surface area (Å²) in [4.78, 5) is 85.1. The smallest absolute Gasteiger partial charge is 0.870 e. The molecule has 0 radical (unpaired) electrons. The Morgan fingerprint density at radius 2 is 0.961 bits per heavy atom. The van der Waals surface area contributed by atoms with Crippen LogP contribution < -0.4 is 40.6 Å². The van der Waals surface area contributed by atoms with E-state index in [0.717, 1.165) is 72.1 Å². The first-order valence-corrected chi connectivity index (χ1v) is 24.2. The Kier molecular flexibility index (Phi) is 27.0. The Morgan fingerprint density at radius 3 is 1.29 bits per heavy atom. The van der Waals surface area contributed by atoms with Crippen molar-refractivity contribution in [2.45, 2.75) is 127 Å². The van der Waals surface area contributed by atoms with Gasteiger partial charge in [-0.3, -0.25) is 38.7 Å². The van der Waals surface area contributed by atoms with Crippen molar-refractivity contribution in [2.24, 2.45) is 11.8 Å². The van der Waals surface area contributed by atoms with Crippen molar-refractivity contribution in [3.63, 3.8) is 0 Å². The molecule has 19 heteroatoms. The molecule has 0 saturated carbocycles. The van der Waals surface area contributed by atoms with Crippen LogP contribution in [0.2, 0.25) is 0 Å². The number of carboxylic acids is 1. The number of ether oxygens (including phenoxy) is 1. The van der Waals surface area contributed by atoms with Gasteiger partial charge in [0.2, 0.25) is 11.8 Å². The molecular formula is C58H73F2LiN6O10. The average molecular weight is 1060 g/mol. The quantitative estimate of drug-likeness (QED) is 0.0618. The second-order valence-corrected chi connectivity index (χ2v) is 19.4. The zero-order valence-corrected chi connectivity index (χ0v) is 45.3. The number of hydrogen-bond acceptors (Lipinski definition) is 10. The minimum atomic E-state index is -1.10. The second-order valence-electron chi connectivity index (χ2n) is 19.4. The van der Waals surface area contributed by atoms with Gasteiger partial charge in [0.25, 0.3) is 11.1 Å². The summed E-state index contributed by atoms with van der Waals surface area (Å²) in [5.41, 5.74) is 8.50. The van der Waals surface area contributed by atoms with Crippen molar-refractivity contribution < 1.29 is 67.6 Å². The SMILES string of the molecule is C.COC(=O)C[C@H](NC(=O)C(CC(C)C)n1cc(F)c(C)cc1=O)c1cncc(-c2c(C)cccc2C)c1.Cc1cc(=O)n(C(CC(C)C)C(=O)N[C@@H](CC(=O)O)c2cncc(-c3c(C)cccc3C)c2)cc1F.O.[Li+].[OH-]. The first-order chi connectivity index (χ1) is 34.5. The van der Waals surface area contributed by atoms with Crippen molar-refractivity contribution in [2.75, 3.05) is 7.11 Å². The molecule has 6 rings (SSSR count). The van der Waals surface area contributed by atoms with Gasteiger partial charge in [-0.05, 0) is 134 Å². The molecule has 410 valence electrons. The molecule has 0 saturated heterocycles. The normalized spacial score (nSPS) is 12.1. The van der Waals surface area contributed by atoms with Gasteiger partial charge in [-0.25, -0.2) is 8.78 Å². The third-order valence-corrected chi connectivity index (χ3v) is 12.6. The third kappa shape index (κ3) is 18.0. The molecule has 6 aromatic rings. The van der Waals surface area contributed by atoms with Crippen molar-refractivity contribution in [1.29, 1.82) is 0 Å². The monoisotopic (exact) mass is 1060 g/mol. The summed E-state index contributed by atoms with van der Waals surface area (Å²) in [5, 5.41) is 15.3. The Hall–Kier alpha value is -7.10. The number of carbonyl (C=O) groups excluding carboxylic acids is 3. The molecule has 77 heavy (non-hydrogen) atoms. The van der Waals surface area contributed by atoms with E-state index in [4.69, 9.17) is 4.74 Å². The third-order valence-electron chi connectivity index (χ3n) is 12.6. The summed E-state index contributed by atoms with van der Waals surface area (Å²) in [7, 11) is 1.28. The molecule has 16 nitrogen and oxygen atoms in total. The standard InChI is InChI=1S/C29H34FN3O4.C28H32FN3O4.CH4.Li.2H2O/c1-17(2)10-25(33-16-23(30)20(5)11-26(33)34)29(36)32-24(13-27(35)37-6)21-12-22(15-31-14-21)28-18(3)8-7-9-19(28)4;1-16(2)9-24(32-15-22(29)19(5)10-25(32)33)28(36)31-23(12-26(34)35)20-11-21(14-30-13-20)27-17(3)7-6-8-18(27)4;;;;/h7-9,11-12,14-17,24-25H,10,13H2,1-6H3,(H,32,36);6-8,10-11,13-16,23-24H,9,12H2,1-5H3,(H,31,36)(H,34,35);1H4;;2*1H2/q;;;+1;;/p-1/t24-,25?;23-,24?;;;;/m00..../s1. The van der Waals surface area contributed by atoms with Crippen LogP contribution in [0.5, 0.6) is 0 Å². The Balaban J connectivity index is 0.000000732. The number of carboxylic acid groups (broad SMARTS) is 1. The van der Waals surface area contributed by atoms with E-state index in [-0.39, 0.29) is 79.5 Å². The van der Waals surface area contributed by atoms with Crippen LogP contribution in [0.1, 0.15) is 129 Å². The van der Waals surface area contributed by atoms with Gasteiger partial charge < -0.3 is 40.6 Å². The van der Waals surface area contributed by atoms with E-state index >= 15 is 0 Å². The van der Waals surface area contributed by atoms with Gasteiger partial charge in [0.1, 0.15) is 23.7 Å². The van der Waals surface area contributed by atoms with Crippen LogP contribution in [0.25, 0.3) is 22.3 Å². The molecular weight excluding hydrogens is 986 g/mol. The summed E-state index contributed by atoms with van der Waals surface area (Å²) in [6.07, 6.45) is 8.75. The van der Waals surface area contributed by atoms with E-state index in [1.54, 1.807) is 18.6 Å².